The van der Waals surface area contributed by atoms with E-state index in [4.69, 9.17) is 16.3 Å². The molecule has 6 nitrogen and oxygen atoms in total. The fourth-order valence-electron chi connectivity index (χ4n) is 1.59. The largest absolute Gasteiger partial charge is 0.484 e. The minimum absolute atomic E-state index is 0.279. The van der Waals surface area contributed by atoms with E-state index < -0.39 is 16.6 Å². The van der Waals surface area contributed by atoms with E-state index in [1.807, 2.05) is 0 Å². The molecule has 114 valence electrons. The normalized spacial score (nSPS) is 10.1. The lowest BCUT2D eigenvalue weighted by Crippen LogP contribution is -2.20. The maximum atomic E-state index is 13.5. The molecule has 2 rings (SSSR count). The van der Waals surface area contributed by atoms with Crippen LogP contribution in [0.2, 0.25) is 5.02 Å². The smallest absolute Gasteiger partial charge is 0.271 e. The number of benzene rings is 2. The third-order valence-electron chi connectivity index (χ3n) is 2.62. The van der Waals surface area contributed by atoms with Gasteiger partial charge in [0, 0.05) is 17.2 Å². The average molecular weight is 325 g/mol. The Hall–Kier alpha value is -2.67. The summed E-state index contributed by atoms with van der Waals surface area (Å²) in [6.07, 6.45) is 0. The molecule has 0 aliphatic carbocycles. The van der Waals surface area contributed by atoms with Crippen molar-refractivity contribution in [3.05, 3.63) is 63.4 Å². The molecule has 8 heteroatoms. The topological polar surface area (TPSA) is 81.5 Å². The molecule has 0 aromatic heterocycles. The number of hydrogen-bond acceptors (Lipinski definition) is 4. The van der Waals surface area contributed by atoms with Gasteiger partial charge in [0.2, 0.25) is 0 Å². The van der Waals surface area contributed by atoms with Crippen molar-refractivity contribution in [2.24, 2.45) is 0 Å². The number of carbonyl (C=O) groups excluding carboxylic acids is 1. The van der Waals surface area contributed by atoms with E-state index in [0.717, 1.165) is 18.2 Å². The van der Waals surface area contributed by atoms with Gasteiger partial charge in [-0.3, -0.25) is 14.9 Å². The van der Waals surface area contributed by atoms with E-state index >= 15 is 0 Å². The third kappa shape index (κ3) is 4.16. The maximum absolute atomic E-state index is 13.5. The number of nitro groups is 1. The molecular formula is C14H10ClFN2O4. The zero-order chi connectivity index (χ0) is 16.1. The summed E-state index contributed by atoms with van der Waals surface area (Å²) in [6, 6.07) is 9.19. The molecule has 0 aliphatic rings. The molecule has 2 aromatic carbocycles. The minimum Gasteiger partial charge on any atom is -0.484 e. The highest BCUT2D eigenvalue weighted by molar-refractivity contribution is 6.30. The van der Waals surface area contributed by atoms with Gasteiger partial charge in [0.25, 0.3) is 11.6 Å². The van der Waals surface area contributed by atoms with Crippen LogP contribution in [0.3, 0.4) is 0 Å². The summed E-state index contributed by atoms with van der Waals surface area (Å²) in [5.74, 6) is -1.00. The van der Waals surface area contributed by atoms with E-state index in [-0.39, 0.29) is 18.0 Å². The summed E-state index contributed by atoms with van der Waals surface area (Å²) in [7, 11) is 0. The molecule has 0 spiro atoms. The van der Waals surface area contributed by atoms with Gasteiger partial charge in [-0.25, -0.2) is 4.39 Å². The highest BCUT2D eigenvalue weighted by Gasteiger charge is 2.13. The van der Waals surface area contributed by atoms with E-state index in [1.165, 1.54) is 0 Å². The van der Waals surface area contributed by atoms with Crippen molar-refractivity contribution < 1.29 is 18.8 Å². The monoisotopic (exact) mass is 324 g/mol. The summed E-state index contributed by atoms with van der Waals surface area (Å²) < 4.78 is 18.7. The number of nitrogens with zero attached hydrogens (tertiary/aromatic N) is 1. The van der Waals surface area contributed by atoms with Gasteiger partial charge in [-0.1, -0.05) is 11.6 Å². The Bertz CT molecular complexity index is 706. The van der Waals surface area contributed by atoms with Crippen molar-refractivity contribution in [2.45, 2.75) is 0 Å². The summed E-state index contributed by atoms with van der Waals surface area (Å²) >= 11 is 5.71. The third-order valence-corrected chi connectivity index (χ3v) is 2.87. The van der Waals surface area contributed by atoms with Crippen molar-refractivity contribution in [3.8, 4) is 5.75 Å². The van der Waals surface area contributed by atoms with Crippen LogP contribution < -0.4 is 10.1 Å². The number of amides is 1. The number of halogens is 2. The van der Waals surface area contributed by atoms with Gasteiger partial charge >= 0.3 is 0 Å². The van der Waals surface area contributed by atoms with Gasteiger partial charge in [-0.15, -0.1) is 0 Å². The molecule has 22 heavy (non-hydrogen) atoms. The van der Waals surface area contributed by atoms with Gasteiger partial charge < -0.3 is 10.1 Å². The van der Waals surface area contributed by atoms with Crippen LogP contribution in [0.15, 0.2) is 42.5 Å². The van der Waals surface area contributed by atoms with E-state index in [9.17, 15) is 19.3 Å². The number of carbonyl (C=O) groups is 1. The molecule has 0 heterocycles. The number of rotatable bonds is 5. The molecule has 2 aromatic rings. The van der Waals surface area contributed by atoms with Gasteiger partial charge in [0.15, 0.2) is 6.61 Å². The van der Waals surface area contributed by atoms with Crippen molar-refractivity contribution in [1.29, 1.82) is 0 Å². The summed E-state index contributed by atoms with van der Waals surface area (Å²) in [4.78, 5) is 21.6. The molecule has 0 aliphatic heterocycles. The molecule has 0 radical (unpaired) electrons. The van der Waals surface area contributed by atoms with Crippen LogP contribution in [0.1, 0.15) is 0 Å². The van der Waals surface area contributed by atoms with E-state index in [1.54, 1.807) is 24.3 Å². The number of ether oxygens (including phenoxy) is 1. The fraction of sp³-hybridized carbons (Fsp3) is 0.0714. The molecule has 0 fully saturated rings. The second kappa shape index (κ2) is 6.86. The van der Waals surface area contributed by atoms with Crippen molar-refractivity contribution >= 4 is 28.9 Å². The van der Waals surface area contributed by atoms with Gasteiger partial charge in [-0.2, -0.15) is 0 Å². The molecule has 0 saturated heterocycles. The van der Waals surface area contributed by atoms with Crippen LogP contribution >= 0.6 is 11.6 Å². The predicted octanol–water partition coefficient (Wildman–Crippen LogP) is 3.40. The average Bonchev–Trinajstić information content (AvgIpc) is 2.48. The van der Waals surface area contributed by atoms with Crippen LogP contribution in [-0.4, -0.2) is 17.4 Å². The van der Waals surface area contributed by atoms with E-state index in [0.29, 0.717) is 10.8 Å². The van der Waals surface area contributed by atoms with Crippen LogP contribution in [0.4, 0.5) is 15.8 Å². The number of nitrogens with one attached hydrogen (secondary N) is 1. The lowest BCUT2D eigenvalue weighted by atomic mass is 10.2. The van der Waals surface area contributed by atoms with Crippen LogP contribution in [0, 0.1) is 15.9 Å². The Balaban J connectivity index is 1.98. The van der Waals surface area contributed by atoms with Crippen LogP contribution in [0.5, 0.6) is 5.75 Å². The Kier molecular flexibility index (Phi) is 4.90. The standard InChI is InChI=1S/C14H10ClFN2O4/c15-9-1-4-11(5-2-9)22-8-14(19)17-13-7-10(18(20)21)3-6-12(13)16/h1-7H,8H2,(H,17,19). The maximum Gasteiger partial charge on any atom is 0.271 e. The van der Waals surface area contributed by atoms with Crippen LogP contribution in [0.25, 0.3) is 0 Å². The quantitative estimate of drug-likeness (QED) is 0.675. The predicted molar refractivity (Wildman–Crippen MR) is 78.6 cm³/mol. The number of non-ortho nitro benzene ring substituents is 1. The molecule has 0 atom stereocenters. The molecule has 0 bridgehead atoms. The SMILES string of the molecule is O=C(COc1ccc(Cl)cc1)Nc1cc([N+](=O)[O-])ccc1F. The summed E-state index contributed by atoms with van der Waals surface area (Å²) in [6.45, 7) is -0.371. The lowest BCUT2D eigenvalue weighted by molar-refractivity contribution is -0.384. The van der Waals surface area contributed by atoms with Crippen molar-refractivity contribution in [3.63, 3.8) is 0 Å². The molecule has 0 saturated carbocycles. The number of hydrogen-bond donors (Lipinski definition) is 1. The second-order valence-corrected chi connectivity index (χ2v) is 4.65. The number of nitro benzene ring substituents is 1. The Morgan fingerprint density at radius 1 is 1.27 bits per heavy atom. The molecule has 0 unspecified atom stereocenters. The highest BCUT2D eigenvalue weighted by atomic mass is 35.5. The lowest BCUT2D eigenvalue weighted by Gasteiger charge is -2.08. The summed E-state index contributed by atoms with van der Waals surface area (Å²) in [5, 5.41) is 13.4. The first-order valence-electron chi connectivity index (χ1n) is 6.08. The van der Waals surface area contributed by atoms with Gasteiger partial charge in [0.1, 0.15) is 11.6 Å². The van der Waals surface area contributed by atoms with Gasteiger partial charge in [-0.05, 0) is 30.3 Å². The molecule has 1 N–H and O–H groups in total. The first-order valence-corrected chi connectivity index (χ1v) is 6.45. The van der Waals surface area contributed by atoms with Crippen molar-refractivity contribution in [1.82, 2.24) is 0 Å². The van der Waals surface area contributed by atoms with E-state index in [2.05, 4.69) is 5.32 Å². The zero-order valence-corrected chi connectivity index (χ0v) is 11.8. The Morgan fingerprint density at radius 2 is 1.95 bits per heavy atom. The first kappa shape index (κ1) is 15.7. The van der Waals surface area contributed by atoms with Gasteiger partial charge in [0.05, 0.1) is 10.6 Å². The fourth-order valence-corrected chi connectivity index (χ4v) is 1.71. The summed E-state index contributed by atoms with van der Waals surface area (Å²) in [5.41, 5.74) is -0.603. The second-order valence-electron chi connectivity index (χ2n) is 4.21. The molecule has 1 amide bonds. The first-order chi connectivity index (χ1) is 10.5. The highest BCUT2D eigenvalue weighted by Crippen LogP contribution is 2.21. The minimum atomic E-state index is -0.773. The number of anilines is 1. The molecular weight excluding hydrogens is 315 g/mol. The van der Waals surface area contributed by atoms with Crippen molar-refractivity contribution in [2.75, 3.05) is 11.9 Å². The Labute approximate surface area is 129 Å². The zero-order valence-electron chi connectivity index (χ0n) is 11.1. The Morgan fingerprint density at radius 3 is 2.59 bits per heavy atom. The van der Waals surface area contributed by atoms with Crippen LogP contribution in [-0.2, 0) is 4.79 Å².